The Bertz CT molecular complexity index is 1540. The lowest BCUT2D eigenvalue weighted by molar-refractivity contribution is -0.116. The molecule has 2 aromatic carbocycles. The summed E-state index contributed by atoms with van der Waals surface area (Å²) < 4.78 is 1.61. The van der Waals surface area contributed by atoms with E-state index in [-0.39, 0.29) is 29.2 Å². The maximum atomic E-state index is 14.0. The minimum Gasteiger partial charge on any atom is -0.326 e. The smallest absolute Gasteiger partial charge is 0.267 e. The summed E-state index contributed by atoms with van der Waals surface area (Å²) in [5, 5.41) is 3.94. The van der Waals surface area contributed by atoms with E-state index in [2.05, 4.69) is 5.32 Å². The Kier molecular flexibility index (Phi) is 7.67. The van der Waals surface area contributed by atoms with E-state index in [4.69, 9.17) is 4.98 Å². The van der Waals surface area contributed by atoms with E-state index in [1.54, 1.807) is 45.1 Å². The van der Waals surface area contributed by atoms with Gasteiger partial charge in [0.05, 0.1) is 16.8 Å². The summed E-state index contributed by atoms with van der Waals surface area (Å²) >= 11 is 2.88. The summed E-state index contributed by atoms with van der Waals surface area (Å²) in [4.78, 5) is 47.6. The number of benzene rings is 2. The van der Waals surface area contributed by atoms with Gasteiger partial charge in [-0.2, -0.15) is 0 Å². The first-order valence-electron chi connectivity index (χ1n) is 12.8. The molecule has 0 aliphatic heterocycles. The lowest BCUT2D eigenvalue weighted by Crippen LogP contribution is -2.38. The summed E-state index contributed by atoms with van der Waals surface area (Å²) in [5.74, 6) is -0.0746. The zero-order valence-electron chi connectivity index (χ0n) is 21.7. The molecule has 0 spiro atoms. The average molecular weight is 547 g/mol. The molecule has 1 aliphatic carbocycles. The molecule has 0 radical (unpaired) electrons. The van der Waals surface area contributed by atoms with Gasteiger partial charge in [0.15, 0.2) is 5.16 Å². The highest BCUT2D eigenvalue weighted by atomic mass is 32.2. The van der Waals surface area contributed by atoms with Gasteiger partial charge in [-0.05, 0) is 81.5 Å². The molecule has 0 unspecified atom stereocenters. The molecule has 196 valence electrons. The molecular formula is C29H30N4O3S2. The number of amides is 2. The van der Waals surface area contributed by atoms with Crippen LogP contribution in [0.3, 0.4) is 0 Å². The molecule has 38 heavy (non-hydrogen) atoms. The Morgan fingerprint density at radius 3 is 2.47 bits per heavy atom. The van der Waals surface area contributed by atoms with E-state index < -0.39 is 0 Å². The minimum atomic E-state index is -0.161. The molecule has 7 nitrogen and oxygen atoms in total. The van der Waals surface area contributed by atoms with Crippen molar-refractivity contribution in [1.29, 1.82) is 0 Å². The Morgan fingerprint density at radius 1 is 1.08 bits per heavy atom. The summed E-state index contributed by atoms with van der Waals surface area (Å²) in [6.45, 7) is 5.43. The lowest BCUT2D eigenvalue weighted by Gasteiger charge is -2.27. The predicted molar refractivity (Wildman–Crippen MR) is 156 cm³/mol. The average Bonchev–Trinajstić information content (AvgIpc) is 3.27. The number of aryl methyl sites for hydroxylation is 2. The van der Waals surface area contributed by atoms with Crippen molar-refractivity contribution in [2.75, 3.05) is 16.0 Å². The third-order valence-electron chi connectivity index (χ3n) is 6.55. The molecule has 1 aliphatic rings. The summed E-state index contributed by atoms with van der Waals surface area (Å²) in [6, 6.07) is 16.7. The fourth-order valence-electron chi connectivity index (χ4n) is 4.92. The number of thiophene rings is 1. The number of carbonyl (C=O) groups is 2. The molecule has 9 heteroatoms. The van der Waals surface area contributed by atoms with Crippen molar-refractivity contribution in [3.8, 4) is 5.69 Å². The van der Waals surface area contributed by atoms with Crippen LogP contribution < -0.4 is 15.8 Å². The molecule has 2 heterocycles. The first-order valence-corrected chi connectivity index (χ1v) is 14.6. The van der Waals surface area contributed by atoms with Gasteiger partial charge in [-0.1, -0.05) is 30.0 Å². The summed E-state index contributed by atoms with van der Waals surface area (Å²) in [5.41, 5.74) is 3.15. The van der Waals surface area contributed by atoms with E-state index >= 15 is 0 Å². The van der Waals surface area contributed by atoms with Gasteiger partial charge >= 0.3 is 0 Å². The van der Waals surface area contributed by atoms with E-state index in [1.165, 1.54) is 23.6 Å². The SMILES string of the molecule is CC(=O)Nc1ccc(-n2c(SCC(=O)N(c3ccccc3)C(C)C)nc3sc4c(c3c2=O)CCCC4)cc1. The van der Waals surface area contributed by atoms with Gasteiger partial charge in [-0.3, -0.25) is 19.0 Å². The number of fused-ring (bicyclic) bond motifs is 3. The topological polar surface area (TPSA) is 84.3 Å². The second-order valence-electron chi connectivity index (χ2n) is 9.64. The van der Waals surface area contributed by atoms with Crippen molar-refractivity contribution in [2.45, 2.75) is 57.7 Å². The Hall–Kier alpha value is -3.43. The number of hydrogen-bond donors (Lipinski definition) is 1. The summed E-state index contributed by atoms with van der Waals surface area (Å²) in [7, 11) is 0. The van der Waals surface area contributed by atoms with Gasteiger partial charge in [0.25, 0.3) is 5.56 Å². The number of hydrogen-bond acceptors (Lipinski definition) is 6. The van der Waals surface area contributed by atoms with Crippen molar-refractivity contribution < 1.29 is 9.59 Å². The number of para-hydroxylation sites is 1. The number of carbonyl (C=O) groups excluding carboxylic acids is 2. The molecule has 0 bridgehead atoms. The van der Waals surface area contributed by atoms with Crippen LogP contribution in [0.4, 0.5) is 11.4 Å². The van der Waals surface area contributed by atoms with Crippen LogP contribution in [-0.2, 0) is 22.4 Å². The Labute approximate surface area is 229 Å². The molecule has 0 atom stereocenters. The van der Waals surface area contributed by atoms with Crippen LogP contribution >= 0.6 is 23.1 Å². The van der Waals surface area contributed by atoms with Crippen LogP contribution in [0.5, 0.6) is 0 Å². The van der Waals surface area contributed by atoms with E-state index in [9.17, 15) is 14.4 Å². The highest BCUT2D eigenvalue weighted by molar-refractivity contribution is 7.99. The molecule has 4 aromatic rings. The molecule has 2 aromatic heterocycles. The largest absolute Gasteiger partial charge is 0.326 e. The van der Waals surface area contributed by atoms with Crippen LogP contribution in [0.1, 0.15) is 44.1 Å². The van der Waals surface area contributed by atoms with Crippen molar-refractivity contribution in [3.63, 3.8) is 0 Å². The molecule has 2 amide bonds. The standard InChI is InChI=1S/C29H30N4O3S2/c1-18(2)32(21-9-5-4-6-10-21)25(35)17-37-29-31-27-26(23-11-7-8-12-24(23)38-27)28(36)33(29)22-15-13-20(14-16-22)30-19(3)34/h4-6,9-10,13-16,18H,7-8,11-12,17H2,1-3H3,(H,30,34). The fraction of sp³-hybridized carbons (Fsp3) is 0.310. The van der Waals surface area contributed by atoms with Crippen molar-refractivity contribution in [3.05, 3.63) is 75.4 Å². The normalized spacial score (nSPS) is 12.9. The monoisotopic (exact) mass is 546 g/mol. The maximum absolute atomic E-state index is 14.0. The van der Waals surface area contributed by atoms with Gasteiger partial charge in [0.2, 0.25) is 11.8 Å². The predicted octanol–water partition coefficient (Wildman–Crippen LogP) is 5.82. The number of thioether (sulfide) groups is 1. The zero-order valence-corrected chi connectivity index (χ0v) is 23.3. The minimum absolute atomic E-state index is 0.0199. The molecule has 0 saturated heterocycles. The van der Waals surface area contributed by atoms with Gasteiger partial charge in [0.1, 0.15) is 4.83 Å². The zero-order chi connectivity index (χ0) is 26.8. The second kappa shape index (κ2) is 11.1. The van der Waals surface area contributed by atoms with Gasteiger partial charge in [-0.25, -0.2) is 4.98 Å². The number of nitrogens with one attached hydrogen (secondary N) is 1. The third-order valence-corrected chi connectivity index (χ3v) is 8.66. The highest BCUT2D eigenvalue weighted by Crippen LogP contribution is 2.35. The van der Waals surface area contributed by atoms with Crippen LogP contribution in [0, 0.1) is 0 Å². The van der Waals surface area contributed by atoms with Crippen LogP contribution in [-0.4, -0.2) is 33.2 Å². The van der Waals surface area contributed by atoms with Gasteiger partial charge < -0.3 is 10.2 Å². The lowest BCUT2D eigenvalue weighted by atomic mass is 9.97. The highest BCUT2D eigenvalue weighted by Gasteiger charge is 2.25. The van der Waals surface area contributed by atoms with Crippen LogP contribution in [0.2, 0.25) is 0 Å². The number of aromatic nitrogens is 2. The maximum Gasteiger partial charge on any atom is 0.267 e. The van der Waals surface area contributed by atoms with Crippen molar-refractivity contribution in [2.24, 2.45) is 0 Å². The molecular weight excluding hydrogens is 516 g/mol. The van der Waals surface area contributed by atoms with E-state index in [0.29, 0.717) is 21.9 Å². The Balaban J connectivity index is 1.55. The molecule has 0 saturated carbocycles. The van der Waals surface area contributed by atoms with Crippen LogP contribution in [0.15, 0.2) is 64.5 Å². The van der Waals surface area contributed by atoms with Gasteiger partial charge in [0, 0.05) is 29.2 Å². The van der Waals surface area contributed by atoms with E-state index in [0.717, 1.165) is 41.8 Å². The number of nitrogens with zero attached hydrogens (tertiary/aromatic N) is 3. The molecule has 1 N–H and O–H groups in total. The first kappa shape index (κ1) is 26.2. The van der Waals surface area contributed by atoms with Crippen molar-refractivity contribution >= 4 is 56.5 Å². The quantitative estimate of drug-likeness (QED) is 0.233. The number of rotatable bonds is 7. The summed E-state index contributed by atoms with van der Waals surface area (Å²) in [6.07, 6.45) is 4.06. The van der Waals surface area contributed by atoms with Gasteiger partial charge in [-0.15, -0.1) is 11.3 Å². The third kappa shape index (κ3) is 5.26. The Morgan fingerprint density at radius 2 is 1.79 bits per heavy atom. The second-order valence-corrected chi connectivity index (χ2v) is 11.7. The van der Waals surface area contributed by atoms with Crippen molar-refractivity contribution in [1.82, 2.24) is 9.55 Å². The van der Waals surface area contributed by atoms with Crippen LogP contribution in [0.25, 0.3) is 15.9 Å². The first-order chi connectivity index (χ1) is 18.3. The van der Waals surface area contributed by atoms with E-state index in [1.807, 2.05) is 44.2 Å². The fourth-order valence-corrected chi connectivity index (χ4v) is 7.10. The number of anilines is 2. The molecule has 0 fully saturated rings. The molecule has 5 rings (SSSR count).